The van der Waals surface area contributed by atoms with Crippen molar-refractivity contribution >= 4 is 16.9 Å². The molecule has 3 heteroatoms. The first-order valence-electron chi connectivity index (χ1n) is 6.97. The molecule has 0 radical (unpaired) electrons. The van der Waals surface area contributed by atoms with Crippen LogP contribution in [0.1, 0.15) is 38.8 Å². The minimum Gasteiger partial charge on any atom is -0.460 e. The number of aryl methyl sites for hydroxylation is 1. The summed E-state index contributed by atoms with van der Waals surface area (Å²) in [4.78, 5) is 16.2. The van der Waals surface area contributed by atoms with Crippen LogP contribution in [0.3, 0.4) is 0 Å². The number of fused-ring (bicyclic) bond motifs is 1. The summed E-state index contributed by atoms with van der Waals surface area (Å²) in [5, 5.41) is 1.06. The molecule has 3 nitrogen and oxygen atoms in total. The number of benzene rings is 1. The van der Waals surface area contributed by atoms with Crippen molar-refractivity contribution in [3.05, 3.63) is 41.6 Å². The van der Waals surface area contributed by atoms with E-state index in [0.717, 1.165) is 22.9 Å². The topological polar surface area (TPSA) is 39.2 Å². The van der Waals surface area contributed by atoms with E-state index in [1.165, 1.54) is 5.56 Å². The number of nitrogens with zero attached hydrogens (tertiary/aromatic N) is 1. The molecule has 0 saturated heterocycles. The fourth-order valence-corrected chi connectivity index (χ4v) is 2.07. The fourth-order valence-electron chi connectivity index (χ4n) is 2.07. The van der Waals surface area contributed by atoms with Crippen LogP contribution in [-0.4, -0.2) is 16.6 Å². The molecule has 0 bridgehead atoms. The second kappa shape index (κ2) is 5.61. The fraction of sp³-hybridized carbons (Fsp3) is 0.412. The first-order valence-corrected chi connectivity index (χ1v) is 6.97. The van der Waals surface area contributed by atoms with Crippen molar-refractivity contribution in [2.75, 3.05) is 0 Å². The molecule has 0 aliphatic rings. The van der Waals surface area contributed by atoms with Gasteiger partial charge in [0, 0.05) is 11.6 Å². The first-order chi connectivity index (χ1) is 9.37. The van der Waals surface area contributed by atoms with Crippen LogP contribution in [0.5, 0.6) is 0 Å². The van der Waals surface area contributed by atoms with Crippen molar-refractivity contribution in [2.45, 2.75) is 46.1 Å². The van der Waals surface area contributed by atoms with Crippen molar-refractivity contribution in [1.82, 2.24) is 4.98 Å². The molecule has 0 aliphatic carbocycles. The Bertz CT molecular complexity index is 626. The number of hydrogen-bond acceptors (Lipinski definition) is 3. The average molecular weight is 271 g/mol. The third-order valence-electron chi connectivity index (χ3n) is 2.98. The highest BCUT2D eigenvalue weighted by Gasteiger charge is 2.16. The van der Waals surface area contributed by atoms with E-state index in [-0.39, 0.29) is 12.4 Å². The van der Waals surface area contributed by atoms with Gasteiger partial charge in [-0.15, -0.1) is 0 Å². The highest BCUT2D eigenvalue weighted by Crippen LogP contribution is 2.17. The first kappa shape index (κ1) is 14.5. The third-order valence-corrected chi connectivity index (χ3v) is 2.98. The van der Waals surface area contributed by atoms with Crippen LogP contribution >= 0.6 is 0 Å². The van der Waals surface area contributed by atoms with Crippen LogP contribution < -0.4 is 0 Å². The second-order valence-electron chi connectivity index (χ2n) is 5.99. The maximum absolute atomic E-state index is 11.8. The minimum atomic E-state index is -0.447. The van der Waals surface area contributed by atoms with E-state index in [9.17, 15) is 4.79 Å². The van der Waals surface area contributed by atoms with Crippen LogP contribution in [0.4, 0.5) is 0 Å². The number of hydrogen-bond donors (Lipinski definition) is 0. The molecule has 0 spiro atoms. The number of pyridine rings is 1. The summed E-state index contributed by atoms with van der Waals surface area (Å²) >= 11 is 0. The Kier molecular flexibility index (Phi) is 4.07. The number of carbonyl (C=O) groups excluding carboxylic acids is 1. The molecule has 0 unspecified atom stereocenters. The van der Waals surface area contributed by atoms with Gasteiger partial charge in [0.05, 0.1) is 11.9 Å². The van der Waals surface area contributed by atoms with E-state index < -0.39 is 5.60 Å². The van der Waals surface area contributed by atoms with Gasteiger partial charge in [-0.1, -0.05) is 19.1 Å². The molecule has 1 aromatic carbocycles. The van der Waals surface area contributed by atoms with Crippen LogP contribution in [0.15, 0.2) is 30.5 Å². The molecule has 1 aromatic heterocycles. The standard InChI is InChI=1S/C17H21NO2/c1-5-12-6-7-14-8-13(11-18-15(14)9-12)10-16(19)20-17(2,3)4/h6-9,11H,5,10H2,1-4H3. The van der Waals surface area contributed by atoms with Gasteiger partial charge in [0.25, 0.3) is 0 Å². The summed E-state index contributed by atoms with van der Waals surface area (Å²) < 4.78 is 5.32. The number of ether oxygens (including phenoxy) is 1. The van der Waals surface area contributed by atoms with Gasteiger partial charge in [0.1, 0.15) is 5.60 Å². The lowest BCUT2D eigenvalue weighted by atomic mass is 10.1. The van der Waals surface area contributed by atoms with Crippen molar-refractivity contribution in [1.29, 1.82) is 0 Å². The average Bonchev–Trinajstić information content (AvgIpc) is 2.35. The Balaban J connectivity index is 2.18. The quantitative estimate of drug-likeness (QED) is 0.799. The summed E-state index contributed by atoms with van der Waals surface area (Å²) in [6, 6.07) is 8.25. The highest BCUT2D eigenvalue weighted by molar-refractivity contribution is 5.81. The van der Waals surface area contributed by atoms with Gasteiger partial charge >= 0.3 is 5.97 Å². The molecule has 20 heavy (non-hydrogen) atoms. The van der Waals surface area contributed by atoms with Crippen LogP contribution in [-0.2, 0) is 22.4 Å². The van der Waals surface area contributed by atoms with Gasteiger partial charge < -0.3 is 4.74 Å². The normalized spacial score (nSPS) is 11.6. The predicted octanol–water partition coefficient (Wildman–Crippen LogP) is 3.68. The van der Waals surface area contributed by atoms with Gasteiger partial charge in [0.15, 0.2) is 0 Å². The van der Waals surface area contributed by atoms with Crippen molar-refractivity contribution in [3.63, 3.8) is 0 Å². The zero-order valence-corrected chi connectivity index (χ0v) is 12.6. The summed E-state index contributed by atoms with van der Waals surface area (Å²) in [6.07, 6.45) is 3.01. The Morgan fingerprint density at radius 2 is 1.95 bits per heavy atom. The molecule has 0 N–H and O–H groups in total. The van der Waals surface area contributed by atoms with Crippen molar-refractivity contribution in [2.24, 2.45) is 0 Å². The Hall–Kier alpha value is -1.90. The molecule has 0 saturated carbocycles. The van der Waals surface area contributed by atoms with Crippen molar-refractivity contribution < 1.29 is 9.53 Å². The van der Waals surface area contributed by atoms with Gasteiger partial charge in [-0.05, 0) is 50.5 Å². The molecule has 2 aromatic rings. The molecule has 1 heterocycles. The molecule has 0 fully saturated rings. The highest BCUT2D eigenvalue weighted by atomic mass is 16.6. The smallest absolute Gasteiger partial charge is 0.310 e. The van der Waals surface area contributed by atoms with E-state index in [4.69, 9.17) is 4.74 Å². The van der Waals surface area contributed by atoms with Crippen LogP contribution in [0, 0.1) is 0 Å². The largest absolute Gasteiger partial charge is 0.460 e. The number of carbonyl (C=O) groups is 1. The van der Waals surface area contributed by atoms with Crippen molar-refractivity contribution in [3.8, 4) is 0 Å². The lowest BCUT2D eigenvalue weighted by Gasteiger charge is -2.19. The van der Waals surface area contributed by atoms with Gasteiger partial charge in [-0.2, -0.15) is 0 Å². The number of aromatic nitrogens is 1. The van der Waals surface area contributed by atoms with Gasteiger partial charge in [-0.3, -0.25) is 9.78 Å². The van der Waals surface area contributed by atoms with Crippen LogP contribution in [0.25, 0.3) is 10.9 Å². The molecular weight excluding hydrogens is 250 g/mol. The lowest BCUT2D eigenvalue weighted by Crippen LogP contribution is -2.24. The maximum atomic E-state index is 11.8. The lowest BCUT2D eigenvalue weighted by molar-refractivity contribution is -0.153. The Morgan fingerprint density at radius 3 is 2.60 bits per heavy atom. The number of esters is 1. The van der Waals surface area contributed by atoms with E-state index in [1.807, 2.05) is 26.8 Å². The SMILES string of the molecule is CCc1ccc2cc(CC(=O)OC(C)(C)C)cnc2c1. The van der Waals surface area contributed by atoms with E-state index in [0.29, 0.717) is 0 Å². The summed E-state index contributed by atoms with van der Waals surface area (Å²) in [5.41, 5.74) is 2.68. The zero-order valence-electron chi connectivity index (χ0n) is 12.6. The van der Waals surface area contributed by atoms with Gasteiger partial charge in [0.2, 0.25) is 0 Å². The second-order valence-corrected chi connectivity index (χ2v) is 5.99. The van der Waals surface area contributed by atoms with E-state index >= 15 is 0 Å². The Morgan fingerprint density at radius 1 is 1.20 bits per heavy atom. The number of rotatable bonds is 3. The minimum absolute atomic E-state index is 0.219. The zero-order chi connectivity index (χ0) is 14.8. The summed E-state index contributed by atoms with van der Waals surface area (Å²) in [6.45, 7) is 7.74. The van der Waals surface area contributed by atoms with E-state index in [1.54, 1.807) is 6.20 Å². The predicted molar refractivity (Wildman–Crippen MR) is 80.7 cm³/mol. The monoisotopic (exact) mass is 271 g/mol. The molecule has 2 rings (SSSR count). The van der Waals surface area contributed by atoms with Gasteiger partial charge in [-0.25, -0.2) is 0 Å². The Labute approximate surface area is 120 Å². The third kappa shape index (κ3) is 3.80. The summed E-state index contributed by atoms with van der Waals surface area (Å²) in [5.74, 6) is -0.219. The van der Waals surface area contributed by atoms with E-state index in [2.05, 4.69) is 30.1 Å². The molecule has 106 valence electrons. The van der Waals surface area contributed by atoms with Crippen LogP contribution in [0.2, 0.25) is 0 Å². The summed E-state index contributed by atoms with van der Waals surface area (Å²) in [7, 11) is 0. The molecule has 0 aliphatic heterocycles. The molecular formula is C17H21NO2. The molecule has 0 atom stereocenters. The molecule has 0 amide bonds. The maximum Gasteiger partial charge on any atom is 0.310 e.